The second kappa shape index (κ2) is 5.00. The normalized spacial score (nSPS) is 12.2. The predicted molar refractivity (Wildman–Crippen MR) is 58.6 cm³/mol. The van der Waals surface area contributed by atoms with Gasteiger partial charge in [-0.05, 0) is 25.1 Å². The Balaban J connectivity index is 2.88. The smallest absolute Gasteiger partial charge is 0.335 e. The summed E-state index contributed by atoms with van der Waals surface area (Å²) in [5, 5.41) is 20.8. The van der Waals surface area contributed by atoms with Gasteiger partial charge < -0.3 is 15.5 Å². The Morgan fingerprint density at radius 3 is 2.73 bits per heavy atom. The Bertz CT molecular complexity index is 368. The Morgan fingerprint density at radius 1 is 1.60 bits per heavy atom. The van der Waals surface area contributed by atoms with Crippen LogP contribution in [0, 0.1) is 0 Å². The molecule has 3 N–H and O–H groups in total. The molecule has 1 rings (SSSR count). The predicted octanol–water partition coefficient (Wildman–Crippen LogP) is 1.83. The molecule has 0 spiro atoms. The molecule has 0 aromatic heterocycles. The van der Waals surface area contributed by atoms with E-state index in [-0.39, 0.29) is 18.2 Å². The zero-order chi connectivity index (χ0) is 11.4. The van der Waals surface area contributed by atoms with Gasteiger partial charge >= 0.3 is 5.97 Å². The number of aromatic carboxylic acids is 1. The Morgan fingerprint density at radius 2 is 2.27 bits per heavy atom. The van der Waals surface area contributed by atoms with Gasteiger partial charge in [0.05, 0.1) is 22.9 Å². The zero-order valence-corrected chi connectivity index (χ0v) is 8.95. The molecule has 0 aliphatic heterocycles. The minimum absolute atomic E-state index is 0.0169. The van der Waals surface area contributed by atoms with E-state index in [4.69, 9.17) is 21.8 Å². The largest absolute Gasteiger partial charge is 0.478 e. The van der Waals surface area contributed by atoms with Crippen LogP contribution in [0.15, 0.2) is 18.2 Å². The highest BCUT2D eigenvalue weighted by molar-refractivity contribution is 6.33. The second-order valence-corrected chi connectivity index (χ2v) is 3.63. The average molecular weight is 230 g/mol. The van der Waals surface area contributed by atoms with Crippen molar-refractivity contribution in [2.24, 2.45) is 0 Å². The van der Waals surface area contributed by atoms with Gasteiger partial charge in [-0.3, -0.25) is 0 Å². The number of carboxylic acids is 1. The second-order valence-electron chi connectivity index (χ2n) is 3.23. The highest BCUT2D eigenvalue weighted by Crippen LogP contribution is 2.23. The van der Waals surface area contributed by atoms with Crippen LogP contribution in [0.1, 0.15) is 17.3 Å². The van der Waals surface area contributed by atoms with E-state index in [0.717, 1.165) is 0 Å². The van der Waals surface area contributed by atoms with Crippen molar-refractivity contribution in [3.05, 3.63) is 28.8 Å². The molecule has 0 heterocycles. The van der Waals surface area contributed by atoms with Crippen molar-refractivity contribution in [2.75, 3.05) is 11.9 Å². The number of aliphatic hydroxyl groups excluding tert-OH is 1. The van der Waals surface area contributed by atoms with E-state index in [1.165, 1.54) is 12.1 Å². The highest BCUT2D eigenvalue weighted by atomic mass is 35.5. The summed E-state index contributed by atoms with van der Waals surface area (Å²) in [6, 6.07) is 4.28. The van der Waals surface area contributed by atoms with E-state index in [9.17, 15) is 4.79 Å². The third-order valence-electron chi connectivity index (χ3n) is 1.89. The molecule has 0 amide bonds. The summed E-state index contributed by atoms with van der Waals surface area (Å²) in [5.74, 6) is -1.02. The van der Waals surface area contributed by atoms with Gasteiger partial charge in [-0.1, -0.05) is 11.6 Å². The maximum absolute atomic E-state index is 10.6. The standard InChI is InChI=1S/C10H12ClNO3/c1-6(5-13)12-9-3-2-7(10(14)15)4-8(9)11/h2-4,6,12-13H,5H2,1H3,(H,14,15). The van der Waals surface area contributed by atoms with Crippen LogP contribution in [-0.2, 0) is 0 Å². The molecule has 0 aliphatic carbocycles. The Hall–Kier alpha value is -1.26. The lowest BCUT2D eigenvalue weighted by molar-refractivity contribution is 0.0697. The summed E-state index contributed by atoms with van der Waals surface area (Å²) in [7, 11) is 0. The number of anilines is 1. The zero-order valence-electron chi connectivity index (χ0n) is 8.20. The number of benzene rings is 1. The van der Waals surface area contributed by atoms with Crippen LogP contribution in [0.3, 0.4) is 0 Å². The number of hydrogen-bond acceptors (Lipinski definition) is 3. The molecule has 82 valence electrons. The first kappa shape index (κ1) is 11.8. The van der Waals surface area contributed by atoms with Crippen LogP contribution >= 0.6 is 11.6 Å². The lowest BCUT2D eigenvalue weighted by Crippen LogP contribution is -2.19. The SMILES string of the molecule is CC(CO)Nc1ccc(C(=O)O)cc1Cl. The number of carbonyl (C=O) groups is 1. The molecule has 0 fully saturated rings. The minimum atomic E-state index is -1.02. The van der Waals surface area contributed by atoms with Crippen LogP contribution in [0.2, 0.25) is 5.02 Å². The van der Waals surface area contributed by atoms with Crippen LogP contribution < -0.4 is 5.32 Å². The van der Waals surface area contributed by atoms with E-state index in [0.29, 0.717) is 10.7 Å². The molecule has 5 heteroatoms. The Labute approximate surface area is 92.5 Å². The summed E-state index contributed by atoms with van der Waals surface area (Å²) in [6.07, 6.45) is 0. The van der Waals surface area contributed by atoms with Crippen LogP contribution in [0.5, 0.6) is 0 Å². The molecule has 0 saturated carbocycles. The van der Waals surface area contributed by atoms with Crippen molar-refractivity contribution >= 4 is 23.3 Å². The van der Waals surface area contributed by atoms with Gasteiger partial charge in [-0.2, -0.15) is 0 Å². The molecule has 1 aromatic rings. The fourth-order valence-corrected chi connectivity index (χ4v) is 1.31. The van der Waals surface area contributed by atoms with E-state index >= 15 is 0 Å². The summed E-state index contributed by atoms with van der Waals surface area (Å²) in [5.41, 5.74) is 0.755. The first-order chi connectivity index (χ1) is 7.04. The van der Waals surface area contributed by atoms with Gasteiger partial charge in [0.25, 0.3) is 0 Å². The molecular formula is C10H12ClNO3. The molecule has 0 bridgehead atoms. The number of aliphatic hydroxyl groups is 1. The number of carboxylic acid groups (broad SMARTS) is 1. The van der Waals surface area contributed by atoms with Gasteiger partial charge in [0.1, 0.15) is 0 Å². The molecule has 1 aromatic carbocycles. The molecule has 15 heavy (non-hydrogen) atoms. The van der Waals surface area contributed by atoms with Crippen LogP contribution in [0.4, 0.5) is 5.69 Å². The fraction of sp³-hybridized carbons (Fsp3) is 0.300. The third kappa shape index (κ3) is 3.11. The lowest BCUT2D eigenvalue weighted by Gasteiger charge is -2.13. The molecule has 0 saturated heterocycles. The first-order valence-corrected chi connectivity index (χ1v) is 4.82. The van der Waals surface area contributed by atoms with E-state index in [2.05, 4.69) is 5.32 Å². The van der Waals surface area contributed by atoms with Crippen molar-refractivity contribution in [3.63, 3.8) is 0 Å². The summed E-state index contributed by atoms with van der Waals surface area (Å²) in [6.45, 7) is 1.78. The van der Waals surface area contributed by atoms with E-state index in [1.807, 2.05) is 0 Å². The molecule has 1 atom stereocenters. The van der Waals surface area contributed by atoms with Gasteiger partial charge in [-0.25, -0.2) is 4.79 Å². The van der Waals surface area contributed by atoms with Gasteiger partial charge in [-0.15, -0.1) is 0 Å². The van der Waals surface area contributed by atoms with Crippen molar-refractivity contribution in [3.8, 4) is 0 Å². The molecule has 0 aliphatic rings. The average Bonchev–Trinajstić information content (AvgIpc) is 2.20. The van der Waals surface area contributed by atoms with Crippen LogP contribution in [0.25, 0.3) is 0 Å². The van der Waals surface area contributed by atoms with Gasteiger partial charge in [0.2, 0.25) is 0 Å². The molecular weight excluding hydrogens is 218 g/mol. The fourth-order valence-electron chi connectivity index (χ4n) is 1.08. The molecule has 0 radical (unpaired) electrons. The molecule has 4 nitrogen and oxygen atoms in total. The summed E-state index contributed by atoms with van der Waals surface area (Å²) < 4.78 is 0. The van der Waals surface area contributed by atoms with Crippen molar-refractivity contribution in [1.29, 1.82) is 0 Å². The maximum Gasteiger partial charge on any atom is 0.335 e. The van der Waals surface area contributed by atoms with E-state index < -0.39 is 5.97 Å². The third-order valence-corrected chi connectivity index (χ3v) is 2.20. The highest BCUT2D eigenvalue weighted by Gasteiger charge is 2.08. The topological polar surface area (TPSA) is 69.6 Å². The van der Waals surface area contributed by atoms with Crippen molar-refractivity contribution in [1.82, 2.24) is 0 Å². The van der Waals surface area contributed by atoms with E-state index in [1.54, 1.807) is 13.0 Å². The summed E-state index contributed by atoms with van der Waals surface area (Å²) >= 11 is 5.87. The Kier molecular flexibility index (Phi) is 3.94. The van der Waals surface area contributed by atoms with Crippen molar-refractivity contribution < 1.29 is 15.0 Å². The van der Waals surface area contributed by atoms with Gasteiger partial charge in [0.15, 0.2) is 0 Å². The monoisotopic (exact) mass is 229 g/mol. The first-order valence-electron chi connectivity index (χ1n) is 4.45. The van der Waals surface area contributed by atoms with Crippen molar-refractivity contribution in [2.45, 2.75) is 13.0 Å². The number of nitrogens with one attached hydrogen (secondary N) is 1. The number of hydrogen-bond donors (Lipinski definition) is 3. The minimum Gasteiger partial charge on any atom is -0.478 e. The quantitative estimate of drug-likeness (QED) is 0.737. The maximum atomic E-state index is 10.6. The van der Waals surface area contributed by atoms with Gasteiger partial charge in [0, 0.05) is 6.04 Å². The number of rotatable bonds is 4. The summed E-state index contributed by atoms with van der Waals surface area (Å²) in [4.78, 5) is 10.6. The lowest BCUT2D eigenvalue weighted by atomic mass is 10.2. The number of halogens is 1. The van der Waals surface area contributed by atoms with Crippen LogP contribution in [-0.4, -0.2) is 28.8 Å². The molecule has 1 unspecified atom stereocenters.